The van der Waals surface area contributed by atoms with Gasteiger partial charge >= 0.3 is 0 Å². The molecule has 0 spiro atoms. The molecule has 39 heavy (non-hydrogen) atoms. The largest absolute Gasteiger partial charge is 0.369 e. The maximum Gasteiger partial charge on any atom is 0.250 e. The van der Waals surface area contributed by atoms with Gasteiger partial charge in [0.1, 0.15) is 0 Å². The van der Waals surface area contributed by atoms with Gasteiger partial charge in [-0.25, -0.2) is 8.42 Å². The quantitative estimate of drug-likeness (QED) is 0.430. The maximum atomic E-state index is 12.3. The van der Waals surface area contributed by atoms with E-state index in [4.69, 9.17) is 34.0 Å². The molecule has 3 heterocycles. The van der Waals surface area contributed by atoms with E-state index in [1.165, 1.54) is 10.6 Å². The number of benzene rings is 2. The van der Waals surface area contributed by atoms with Crippen LogP contribution in [0.25, 0.3) is 11.3 Å². The van der Waals surface area contributed by atoms with Crippen LogP contribution in [-0.2, 0) is 29.5 Å². The predicted molar refractivity (Wildman–Crippen MR) is 155 cm³/mol. The van der Waals surface area contributed by atoms with Gasteiger partial charge in [0.05, 0.1) is 22.5 Å². The number of aromatic nitrogens is 2. The molecular formula is C27H32Cl2N6O3S. The molecule has 0 unspecified atom stereocenters. The van der Waals surface area contributed by atoms with Crippen molar-refractivity contribution < 1.29 is 13.2 Å². The van der Waals surface area contributed by atoms with E-state index >= 15 is 0 Å². The van der Waals surface area contributed by atoms with Crippen molar-refractivity contribution in [3.63, 3.8) is 0 Å². The standard InChI is InChI=1S/C27H32Cl2N6O3S/c1-39(37,38)34-11-8-25-23(18-34)26(19-6-7-24(29)22(16-19)27(30)36)31-35(25)10-3-9-32-12-14-33(15-13-32)21-5-2-4-20(28)17-21/h2,4-7,16-17H,3,8-15,18H2,1H3,(H2,30,36). The van der Waals surface area contributed by atoms with Crippen molar-refractivity contribution in [3.05, 3.63) is 69.3 Å². The van der Waals surface area contributed by atoms with Gasteiger partial charge in [-0.2, -0.15) is 9.40 Å². The Hall–Kier alpha value is -2.63. The highest BCUT2D eigenvalue weighted by Crippen LogP contribution is 2.33. The van der Waals surface area contributed by atoms with Gasteiger partial charge in [-0.1, -0.05) is 35.3 Å². The number of amides is 1. The van der Waals surface area contributed by atoms with Crippen LogP contribution in [0, 0.1) is 0 Å². The molecule has 1 fully saturated rings. The molecule has 1 aromatic heterocycles. The molecule has 0 bridgehead atoms. The predicted octanol–water partition coefficient (Wildman–Crippen LogP) is 3.49. The number of primary amides is 1. The number of anilines is 1. The molecule has 2 N–H and O–H groups in total. The third-order valence-electron chi connectivity index (χ3n) is 7.46. The first-order chi connectivity index (χ1) is 18.6. The van der Waals surface area contributed by atoms with E-state index in [0.29, 0.717) is 30.8 Å². The Labute approximate surface area is 239 Å². The Kier molecular flexibility index (Phi) is 8.21. The van der Waals surface area contributed by atoms with Crippen LogP contribution in [0.5, 0.6) is 0 Å². The molecule has 0 saturated carbocycles. The molecule has 3 aromatic rings. The first kappa shape index (κ1) is 27.9. The number of nitrogens with zero attached hydrogens (tertiary/aromatic N) is 5. The monoisotopic (exact) mass is 590 g/mol. The second kappa shape index (κ2) is 11.5. The van der Waals surface area contributed by atoms with Crippen molar-refractivity contribution in [1.82, 2.24) is 19.0 Å². The first-order valence-corrected chi connectivity index (χ1v) is 15.6. The van der Waals surface area contributed by atoms with E-state index in [-0.39, 0.29) is 17.1 Å². The van der Waals surface area contributed by atoms with Crippen molar-refractivity contribution in [3.8, 4) is 11.3 Å². The maximum absolute atomic E-state index is 12.3. The number of piperazine rings is 1. The van der Waals surface area contributed by atoms with Gasteiger partial charge in [-0.3, -0.25) is 14.4 Å². The van der Waals surface area contributed by atoms with E-state index in [9.17, 15) is 13.2 Å². The van der Waals surface area contributed by atoms with Gasteiger partial charge in [0.15, 0.2) is 0 Å². The summed E-state index contributed by atoms with van der Waals surface area (Å²) in [6.07, 6.45) is 2.71. The van der Waals surface area contributed by atoms with Gasteiger partial charge in [-0.05, 0) is 36.8 Å². The highest BCUT2D eigenvalue weighted by molar-refractivity contribution is 7.88. The minimum atomic E-state index is -3.36. The zero-order chi connectivity index (χ0) is 27.7. The van der Waals surface area contributed by atoms with Crippen molar-refractivity contribution in [2.75, 3.05) is 50.4 Å². The normalized spacial score (nSPS) is 16.8. The number of rotatable bonds is 8. The fraction of sp³-hybridized carbons (Fsp3) is 0.407. The summed E-state index contributed by atoms with van der Waals surface area (Å²) < 4.78 is 28.1. The molecule has 0 atom stereocenters. The summed E-state index contributed by atoms with van der Waals surface area (Å²) in [5.41, 5.74) is 10.1. The second-order valence-corrected chi connectivity index (χ2v) is 12.9. The summed E-state index contributed by atoms with van der Waals surface area (Å²) in [7, 11) is -3.36. The van der Waals surface area contributed by atoms with E-state index in [1.54, 1.807) is 18.2 Å². The molecule has 1 saturated heterocycles. The Balaban J connectivity index is 1.30. The molecule has 0 aliphatic carbocycles. The molecule has 0 radical (unpaired) electrons. The van der Waals surface area contributed by atoms with Gasteiger partial charge in [-0.15, -0.1) is 0 Å². The van der Waals surface area contributed by atoms with Crippen molar-refractivity contribution in [1.29, 1.82) is 0 Å². The van der Waals surface area contributed by atoms with E-state index in [0.717, 1.165) is 61.1 Å². The minimum Gasteiger partial charge on any atom is -0.369 e. The van der Waals surface area contributed by atoms with Crippen LogP contribution >= 0.6 is 23.2 Å². The molecule has 2 aliphatic rings. The summed E-state index contributed by atoms with van der Waals surface area (Å²) >= 11 is 12.3. The smallest absolute Gasteiger partial charge is 0.250 e. The number of sulfonamides is 1. The van der Waals surface area contributed by atoms with E-state index in [2.05, 4.69) is 15.9 Å². The fourth-order valence-corrected chi connectivity index (χ4v) is 6.56. The molecule has 12 heteroatoms. The number of fused-ring (bicyclic) bond motifs is 1. The highest BCUT2D eigenvalue weighted by Gasteiger charge is 2.30. The Morgan fingerprint density at radius 1 is 1.03 bits per heavy atom. The lowest BCUT2D eigenvalue weighted by molar-refractivity contribution is 0.100. The topological polar surface area (TPSA) is 105 Å². The summed E-state index contributed by atoms with van der Waals surface area (Å²) in [4.78, 5) is 16.7. The molecule has 208 valence electrons. The summed E-state index contributed by atoms with van der Waals surface area (Å²) in [5.74, 6) is -0.622. The Morgan fingerprint density at radius 3 is 2.49 bits per heavy atom. The van der Waals surface area contributed by atoms with Gasteiger partial charge < -0.3 is 10.6 Å². The van der Waals surface area contributed by atoms with Gasteiger partial charge in [0.2, 0.25) is 15.9 Å². The summed E-state index contributed by atoms with van der Waals surface area (Å²) in [6, 6.07) is 13.0. The zero-order valence-corrected chi connectivity index (χ0v) is 24.1. The first-order valence-electron chi connectivity index (χ1n) is 13.0. The Bertz CT molecular complexity index is 1480. The van der Waals surface area contributed by atoms with Crippen LogP contribution in [0.1, 0.15) is 28.0 Å². The number of carbonyl (C=O) groups excluding carboxylic acids is 1. The third kappa shape index (κ3) is 6.25. The molecule has 1 amide bonds. The van der Waals surface area contributed by atoms with Crippen LogP contribution in [0.4, 0.5) is 5.69 Å². The third-order valence-corrected chi connectivity index (χ3v) is 9.28. The number of carbonyl (C=O) groups is 1. The molecule has 5 rings (SSSR count). The number of hydrogen-bond acceptors (Lipinski definition) is 6. The number of hydrogen-bond donors (Lipinski definition) is 1. The number of halogens is 2. The van der Waals surface area contributed by atoms with E-state index in [1.807, 2.05) is 22.9 Å². The average molecular weight is 592 g/mol. The van der Waals surface area contributed by atoms with Crippen molar-refractivity contribution >= 4 is 44.8 Å². The lowest BCUT2D eigenvalue weighted by Gasteiger charge is -2.36. The zero-order valence-electron chi connectivity index (χ0n) is 21.8. The number of nitrogens with two attached hydrogens (primary N) is 1. The SMILES string of the molecule is CS(=O)(=O)N1CCc2c(c(-c3ccc(Cl)c(C(N)=O)c3)nn2CCCN2CCN(c3cccc(Cl)c3)CC2)C1. The summed E-state index contributed by atoms with van der Waals surface area (Å²) in [6.45, 7) is 6.14. The average Bonchev–Trinajstić information content (AvgIpc) is 3.26. The van der Waals surface area contributed by atoms with Crippen molar-refractivity contribution in [2.24, 2.45) is 5.73 Å². The fourth-order valence-electron chi connectivity index (χ4n) is 5.37. The second-order valence-electron chi connectivity index (χ2n) is 10.1. The lowest BCUT2D eigenvalue weighted by atomic mass is 10.0. The van der Waals surface area contributed by atoms with Crippen LogP contribution in [0.15, 0.2) is 42.5 Å². The van der Waals surface area contributed by atoms with E-state index < -0.39 is 15.9 Å². The number of aryl methyl sites for hydroxylation is 1. The van der Waals surface area contributed by atoms with Crippen LogP contribution in [-0.4, -0.2) is 78.8 Å². The van der Waals surface area contributed by atoms with Crippen LogP contribution < -0.4 is 10.6 Å². The molecular weight excluding hydrogens is 559 g/mol. The minimum absolute atomic E-state index is 0.213. The summed E-state index contributed by atoms with van der Waals surface area (Å²) in [5, 5.41) is 5.93. The van der Waals surface area contributed by atoms with Crippen LogP contribution in [0.3, 0.4) is 0 Å². The highest BCUT2D eigenvalue weighted by atomic mass is 35.5. The molecule has 9 nitrogen and oxygen atoms in total. The van der Waals surface area contributed by atoms with Gasteiger partial charge in [0, 0.05) is 86.3 Å². The molecule has 2 aliphatic heterocycles. The molecule has 2 aromatic carbocycles. The lowest BCUT2D eigenvalue weighted by Crippen LogP contribution is -2.46. The van der Waals surface area contributed by atoms with Crippen LogP contribution in [0.2, 0.25) is 10.0 Å². The van der Waals surface area contributed by atoms with Gasteiger partial charge in [0.25, 0.3) is 0 Å². The van der Waals surface area contributed by atoms with Crippen molar-refractivity contribution in [2.45, 2.75) is 25.9 Å². The Morgan fingerprint density at radius 2 is 1.79 bits per heavy atom.